The van der Waals surface area contributed by atoms with Crippen molar-refractivity contribution in [3.63, 3.8) is 0 Å². The number of nitrogens with zero attached hydrogens (tertiary/aromatic N) is 2. The Kier molecular flexibility index (Phi) is 4.99. The molecule has 0 bridgehead atoms. The monoisotopic (exact) mass is 283 g/mol. The summed E-state index contributed by atoms with van der Waals surface area (Å²) in [5.74, 6) is -0.249. The first kappa shape index (κ1) is 15.3. The second kappa shape index (κ2) is 6.54. The molecule has 0 aliphatic carbocycles. The van der Waals surface area contributed by atoms with E-state index in [0.29, 0.717) is 19.6 Å². The van der Waals surface area contributed by atoms with Crippen molar-refractivity contribution in [2.24, 2.45) is 0 Å². The molecule has 20 heavy (non-hydrogen) atoms. The number of hydrogen-bond acceptors (Lipinski definition) is 5. The Bertz CT molecular complexity index is 375. The first-order chi connectivity index (χ1) is 9.57. The Labute approximate surface area is 120 Å². The maximum absolute atomic E-state index is 12.2. The van der Waals surface area contributed by atoms with E-state index >= 15 is 0 Å². The van der Waals surface area contributed by atoms with Gasteiger partial charge in [0.05, 0.1) is 6.61 Å². The lowest BCUT2D eigenvalue weighted by molar-refractivity contribution is -0.148. The highest BCUT2D eigenvalue weighted by Gasteiger charge is 2.40. The molecule has 114 valence electrons. The second-order valence-electron chi connectivity index (χ2n) is 5.69. The summed E-state index contributed by atoms with van der Waals surface area (Å²) in [5.41, 5.74) is 0.0529. The highest BCUT2D eigenvalue weighted by atomic mass is 16.5. The Balaban J connectivity index is 1.99. The van der Waals surface area contributed by atoms with E-state index in [1.54, 1.807) is 11.8 Å². The van der Waals surface area contributed by atoms with Crippen molar-refractivity contribution < 1.29 is 14.3 Å². The molecule has 2 saturated heterocycles. The maximum Gasteiger partial charge on any atom is 0.325 e. The normalized spacial score (nSPS) is 28.5. The van der Waals surface area contributed by atoms with Crippen molar-refractivity contribution in [1.29, 1.82) is 0 Å². The smallest absolute Gasteiger partial charge is 0.325 e. The first-order valence-corrected chi connectivity index (χ1v) is 7.43. The first-order valence-electron chi connectivity index (χ1n) is 7.43. The molecule has 1 spiro atoms. The van der Waals surface area contributed by atoms with Crippen molar-refractivity contribution in [2.75, 3.05) is 46.4 Å². The summed E-state index contributed by atoms with van der Waals surface area (Å²) in [7, 11) is 2.13. The molecule has 0 aromatic rings. The molecule has 2 heterocycles. The van der Waals surface area contributed by atoms with Gasteiger partial charge in [0.1, 0.15) is 6.54 Å². The van der Waals surface area contributed by atoms with Gasteiger partial charge in [-0.25, -0.2) is 0 Å². The van der Waals surface area contributed by atoms with Crippen LogP contribution in [0.25, 0.3) is 0 Å². The van der Waals surface area contributed by atoms with Crippen LogP contribution in [0.15, 0.2) is 0 Å². The number of piperazine rings is 1. The number of hydrogen-bond donors (Lipinski definition) is 1. The van der Waals surface area contributed by atoms with Crippen LogP contribution < -0.4 is 5.32 Å². The van der Waals surface area contributed by atoms with Gasteiger partial charge in [-0.05, 0) is 26.8 Å². The third kappa shape index (κ3) is 3.30. The summed E-state index contributed by atoms with van der Waals surface area (Å²) < 4.78 is 4.94. The molecule has 2 aliphatic heterocycles. The number of amides is 1. The number of carbonyl (C=O) groups excluding carboxylic acids is 2. The largest absolute Gasteiger partial charge is 0.465 e. The molecule has 2 rings (SSSR count). The van der Waals surface area contributed by atoms with Crippen LogP contribution in [0.5, 0.6) is 0 Å². The molecule has 6 heteroatoms. The van der Waals surface area contributed by atoms with Gasteiger partial charge in [0.15, 0.2) is 0 Å². The molecule has 0 aromatic heterocycles. The van der Waals surface area contributed by atoms with Crippen molar-refractivity contribution >= 4 is 11.9 Å². The lowest BCUT2D eigenvalue weighted by atomic mass is 9.87. The van der Waals surface area contributed by atoms with Gasteiger partial charge >= 0.3 is 5.97 Å². The fourth-order valence-corrected chi connectivity index (χ4v) is 3.12. The van der Waals surface area contributed by atoms with Crippen molar-refractivity contribution in [1.82, 2.24) is 15.1 Å². The lowest BCUT2D eigenvalue weighted by Gasteiger charge is -2.45. The predicted octanol–water partition coefficient (Wildman–Crippen LogP) is -0.164. The van der Waals surface area contributed by atoms with E-state index in [0.717, 1.165) is 32.5 Å². The predicted molar refractivity (Wildman–Crippen MR) is 75.3 cm³/mol. The van der Waals surface area contributed by atoms with Gasteiger partial charge in [0, 0.05) is 38.1 Å². The number of rotatable bonds is 3. The summed E-state index contributed by atoms with van der Waals surface area (Å²) in [6, 6.07) is 0. The zero-order chi connectivity index (χ0) is 14.6. The van der Waals surface area contributed by atoms with E-state index < -0.39 is 0 Å². The average molecular weight is 283 g/mol. The van der Waals surface area contributed by atoms with Crippen molar-refractivity contribution in [2.45, 2.75) is 31.7 Å². The van der Waals surface area contributed by atoms with Crippen LogP contribution >= 0.6 is 0 Å². The Morgan fingerprint density at radius 3 is 2.90 bits per heavy atom. The van der Waals surface area contributed by atoms with Crippen molar-refractivity contribution in [3.8, 4) is 0 Å². The molecule has 1 amide bonds. The van der Waals surface area contributed by atoms with Gasteiger partial charge < -0.3 is 15.0 Å². The Hall–Kier alpha value is -1.14. The quantitative estimate of drug-likeness (QED) is 0.729. The molecule has 0 radical (unpaired) electrons. The lowest BCUT2D eigenvalue weighted by Crippen LogP contribution is -2.59. The molecule has 1 N–H and O–H groups in total. The van der Waals surface area contributed by atoms with Crippen LogP contribution in [0.1, 0.15) is 26.2 Å². The number of carbonyl (C=O) groups is 2. The summed E-state index contributed by atoms with van der Waals surface area (Å²) in [5, 5.41) is 3.43. The topological polar surface area (TPSA) is 61.9 Å². The summed E-state index contributed by atoms with van der Waals surface area (Å²) in [6.07, 6.45) is 2.27. The van der Waals surface area contributed by atoms with Gasteiger partial charge in [0.2, 0.25) is 5.91 Å². The van der Waals surface area contributed by atoms with Crippen molar-refractivity contribution in [3.05, 3.63) is 0 Å². The van der Waals surface area contributed by atoms with Gasteiger partial charge in [0.25, 0.3) is 0 Å². The van der Waals surface area contributed by atoms with Crippen LogP contribution in [0, 0.1) is 0 Å². The van der Waals surface area contributed by atoms with Gasteiger partial charge in [-0.15, -0.1) is 0 Å². The number of esters is 1. The highest BCUT2D eigenvalue weighted by molar-refractivity contribution is 5.82. The van der Waals surface area contributed by atoms with E-state index in [1.165, 1.54) is 0 Å². The fourth-order valence-electron chi connectivity index (χ4n) is 3.12. The van der Waals surface area contributed by atoms with Crippen LogP contribution in [0.4, 0.5) is 0 Å². The fraction of sp³-hybridized carbons (Fsp3) is 0.857. The third-order valence-corrected chi connectivity index (χ3v) is 4.52. The average Bonchev–Trinajstić information content (AvgIpc) is 2.57. The SMILES string of the molecule is CCOC(=O)CN1CCC2(CCC1=O)CNCCN2C. The molecule has 1 unspecified atom stereocenters. The van der Waals surface area contributed by atoms with E-state index in [2.05, 4.69) is 17.3 Å². The van der Waals surface area contributed by atoms with Gasteiger partial charge in [-0.3, -0.25) is 14.5 Å². The third-order valence-electron chi connectivity index (χ3n) is 4.52. The summed E-state index contributed by atoms with van der Waals surface area (Å²) in [6.45, 7) is 5.77. The van der Waals surface area contributed by atoms with E-state index in [1.807, 2.05) is 0 Å². The zero-order valence-corrected chi connectivity index (χ0v) is 12.5. The number of ether oxygens (including phenoxy) is 1. The molecule has 2 aliphatic rings. The van der Waals surface area contributed by atoms with Gasteiger partial charge in [-0.1, -0.05) is 0 Å². The molecule has 0 saturated carbocycles. The summed E-state index contributed by atoms with van der Waals surface area (Å²) >= 11 is 0. The van der Waals surface area contributed by atoms with Crippen LogP contribution in [0.2, 0.25) is 0 Å². The van der Waals surface area contributed by atoms with E-state index in [4.69, 9.17) is 4.74 Å². The van der Waals surface area contributed by atoms with E-state index in [-0.39, 0.29) is 24.0 Å². The minimum Gasteiger partial charge on any atom is -0.465 e. The Morgan fingerprint density at radius 2 is 2.20 bits per heavy atom. The van der Waals surface area contributed by atoms with Crippen LogP contribution in [-0.4, -0.2) is 73.6 Å². The number of likely N-dealkylation sites (N-methyl/N-ethyl adjacent to an activating group) is 1. The summed E-state index contributed by atoms with van der Waals surface area (Å²) in [4.78, 5) is 27.7. The minimum atomic E-state index is -0.313. The molecular weight excluding hydrogens is 258 g/mol. The zero-order valence-electron chi connectivity index (χ0n) is 12.5. The Morgan fingerprint density at radius 1 is 1.40 bits per heavy atom. The van der Waals surface area contributed by atoms with Crippen LogP contribution in [0.3, 0.4) is 0 Å². The molecule has 1 atom stereocenters. The second-order valence-corrected chi connectivity index (χ2v) is 5.69. The van der Waals surface area contributed by atoms with Crippen LogP contribution in [-0.2, 0) is 14.3 Å². The molecule has 2 fully saturated rings. The number of nitrogens with one attached hydrogen (secondary N) is 1. The van der Waals surface area contributed by atoms with Gasteiger partial charge in [-0.2, -0.15) is 0 Å². The minimum absolute atomic E-state index is 0.0529. The molecule has 0 aromatic carbocycles. The maximum atomic E-state index is 12.2. The molecule has 6 nitrogen and oxygen atoms in total. The molecular formula is C14H25N3O3. The standard InChI is InChI=1S/C14H25N3O3/c1-3-20-13(19)10-17-8-6-14(5-4-12(17)18)11-15-7-9-16(14)2/h15H,3-11H2,1-2H3. The number of likely N-dealkylation sites (tertiary alicyclic amines) is 1. The van der Waals surface area contributed by atoms with E-state index in [9.17, 15) is 9.59 Å². The highest BCUT2D eigenvalue weighted by Crippen LogP contribution is 2.29.